The lowest BCUT2D eigenvalue weighted by atomic mass is 10.1. The van der Waals surface area contributed by atoms with Gasteiger partial charge in [0.25, 0.3) is 5.69 Å². The Labute approximate surface area is 104 Å². The summed E-state index contributed by atoms with van der Waals surface area (Å²) in [6.07, 6.45) is 0. The van der Waals surface area contributed by atoms with Crippen LogP contribution in [-0.4, -0.2) is 23.1 Å². The Morgan fingerprint density at radius 2 is 1.94 bits per heavy atom. The Kier molecular flexibility index (Phi) is 3.02. The number of fused-ring (bicyclic) bond motifs is 1. The molecular formula is C9H4ClNO7. The zero-order valence-corrected chi connectivity index (χ0v) is 9.30. The van der Waals surface area contributed by atoms with Crippen LogP contribution in [-0.2, 0) is 4.74 Å². The molecular weight excluding hydrogens is 270 g/mol. The predicted octanol–water partition coefficient (Wildman–Crippen LogP) is 1.84. The smallest absolute Gasteiger partial charge is 0.411 e. The summed E-state index contributed by atoms with van der Waals surface area (Å²) in [6.45, 7) is -0.112. The van der Waals surface area contributed by atoms with Gasteiger partial charge in [0.2, 0.25) is 6.79 Å². The summed E-state index contributed by atoms with van der Waals surface area (Å²) in [5, 5.41) is 10.8. The topological polar surface area (TPSA) is 105 Å². The van der Waals surface area contributed by atoms with Crippen LogP contribution >= 0.6 is 11.6 Å². The monoisotopic (exact) mass is 273 g/mol. The molecule has 0 unspecified atom stereocenters. The third kappa shape index (κ3) is 2.18. The first-order valence-electron chi connectivity index (χ1n) is 4.48. The van der Waals surface area contributed by atoms with Crippen molar-refractivity contribution in [2.75, 3.05) is 6.79 Å². The maximum absolute atomic E-state index is 11.5. The van der Waals surface area contributed by atoms with Crippen LogP contribution in [0.5, 0.6) is 11.5 Å². The van der Waals surface area contributed by atoms with Gasteiger partial charge in [-0.05, 0) is 0 Å². The van der Waals surface area contributed by atoms with Crippen molar-refractivity contribution in [1.82, 2.24) is 0 Å². The molecule has 0 saturated heterocycles. The molecule has 0 spiro atoms. The number of carbonyl (C=O) groups excluding carboxylic acids is 2. The minimum absolute atomic E-state index is 0.112. The second-order valence-corrected chi connectivity index (χ2v) is 3.42. The van der Waals surface area contributed by atoms with Crippen LogP contribution in [0.4, 0.5) is 10.5 Å². The number of rotatable bonds is 2. The Balaban J connectivity index is 2.47. The van der Waals surface area contributed by atoms with E-state index >= 15 is 0 Å². The molecule has 94 valence electrons. The van der Waals surface area contributed by atoms with E-state index in [1.807, 2.05) is 0 Å². The zero-order chi connectivity index (χ0) is 13.3. The number of hydrogen-bond donors (Lipinski definition) is 0. The van der Waals surface area contributed by atoms with E-state index < -0.39 is 27.6 Å². The van der Waals surface area contributed by atoms with Crippen molar-refractivity contribution in [3.05, 3.63) is 27.8 Å². The molecule has 9 heteroatoms. The van der Waals surface area contributed by atoms with Crippen molar-refractivity contribution in [2.45, 2.75) is 0 Å². The average Bonchev–Trinajstić information content (AvgIpc) is 2.72. The molecule has 0 N–H and O–H groups in total. The largest absolute Gasteiger partial charge is 0.454 e. The molecule has 0 amide bonds. The van der Waals surface area contributed by atoms with Crippen LogP contribution in [0, 0.1) is 10.1 Å². The van der Waals surface area contributed by atoms with Gasteiger partial charge in [0, 0.05) is 17.7 Å². The molecule has 1 aliphatic heterocycles. The lowest BCUT2D eigenvalue weighted by Gasteiger charge is -2.02. The third-order valence-corrected chi connectivity index (χ3v) is 2.16. The minimum Gasteiger partial charge on any atom is -0.454 e. The van der Waals surface area contributed by atoms with E-state index in [0.717, 1.165) is 12.1 Å². The first kappa shape index (κ1) is 12.1. The fourth-order valence-electron chi connectivity index (χ4n) is 1.37. The third-order valence-electron chi connectivity index (χ3n) is 2.08. The van der Waals surface area contributed by atoms with E-state index in [2.05, 4.69) is 4.74 Å². The molecule has 0 aliphatic carbocycles. The van der Waals surface area contributed by atoms with Gasteiger partial charge in [0.15, 0.2) is 11.5 Å². The number of ether oxygens (including phenoxy) is 3. The van der Waals surface area contributed by atoms with Gasteiger partial charge in [-0.1, -0.05) is 0 Å². The number of halogens is 1. The first-order chi connectivity index (χ1) is 8.49. The molecule has 1 heterocycles. The number of nitro benzene ring substituents is 1. The SMILES string of the molecule is O=C(Cl)OC(=O)c1cc2c(cc1[N+](=O)[O-])OCO2. The second-order valence-electron chi connectivity index (χ2n) is 3.11. The summed E-state index contributed by atoms with van der Waals surface area (Å²) in [6, 6.07) is 2.07. The molecule has 0 bridgehead atoms. The molecule has 0 fully saturated rings. The number of nitrogens with zero attached hydrogens (tertiary/aromatic N) is 1. The van der Waals surface area contributed by atoms with E-state index in [1.165, 1.54) is 0 Å². The maximum atomic E-state index is 11.5. The highest BCUT2D eigenvalue weighted by Crippen LogP contribution is 2.38. The molecule has 0 atom stereocenters. The Morgan fingerprint density at radius 1 is 1.33 bits per heavy atom. The summed E-state index contributed by atoms with van der Waals surface area (Å²) < 4.78 is 14.0. The van der Waals surface area contributed by atoms with Gasteiger partial charge in [-0.15, -0.1) is 0 Å². The van der Waals surface area contributed by atoms with Crippen LogP contribution < -0.4 is 9.47 Å². The molecule has 1 aromatic carbocycles. The number of benzene rings is 1. The molecule has 1 aliphatic rings. The highest BCUT2D eigenvalue weighted by molar-refractivity contribution is 6.62. The highest BCUT2D eigenvalue weighted by atomic mass is 35.5. The van der Waals surface area contributed by atoms with Gasteiger partial charge in [-0.3, -0.25) is 10.1 Å². The number of hydrogen-bond acceptors (Lipinski definition) is 7. The lowest BCUT2D eigenvalue weighted by molar-refractivity contribution is -0.385. The van der Waals surface area contributed by atoms with E-state index in [4.69, 9.17) is 21.1 Å². The minimum atomic E-state index is -1.38. The van der Waals surface area contributed by atoms with E-state index in [1.54, 1.807) is 0 Å². The second kappa shape index (κ2) is 4.49. The first-order valence-corrected chi connectivity index (χ1v) is 4.86. The Morgan fingerprint density at radius 3 is 2.50 bits per heavy atom. The summed E-state index contributed by atoms with van der Waals surface area (Å²) >= 11 is 4.86. The van der Waals surface area contributed by atoms with Crippen LogP contribution in [0.2, 0.25) is 0 Å². The lowest BCUT2D eigenvalue weighted by Crippen LogP contribution is -2.09. The van der Waals surface area contributed by atoms with Gasteiger partial charge >= 0.3 is 11.4 Å². The van der Waals surface area contributed by atoms with Crippen molar-refractivity contribution in [3.8, 4) is 11.5 Å². The Bertz CT molecular complexity index is 556. The van der Waals surface area contributed by atoms with Crippen LogP contribution in [0.1, 0.15) is 10.4 Å². The van der Waals surface area contributed by atoms with Gasteiger partial charge in [0.1, 0.15) is 5.56 Å². The van der Waals surface area contributed by atoms with Crippen molar-refractivity contribution < 1.29 is 28.7 Å². The van der Waals surface area contributed by atoms with E-state index in [-0.39, 0.29) is 18.3 Å². The summed E-state index contributed by atoms with van der Waals surface area (Å²) in [5.41, 5.74) is -2.40. The molecule has 2 rings (SSSR count). The van der Waals surface area contributed by atoms with Crippen molar-refractivity contribution in [1.29, 1.82) is 0 Å². The van der Waals surface area contributed by atoms with Crippen LogP contribution in [0.3, 0.4) is 0 Å². The molecule has 18 heavy (non-hydrogen) atoms. The highest BCUT2D eigenvalue weighted by Gasteiger charge is 2.29. The molecule has 0 radical (unpaired) electrons. The standard InChI is InChI=1S/C9H4ClNO7/c10-9(13)18-8(12)4-1-6-7(17-3-16-6)2-5(4)11(14)15/h1-2H,3H2. The van der Waals surface area contributed by atoms with Gasteiger partial charge in [-0.25, -0.2) is 9.59 Å². The van der Waals surface area contributed by atoms with E-state index in [9.17, 15) is 19.7 Å². The molecule has 0 aromatic heterocycles. The zero-order valence-electron chi connectivity index (χ0n) is 8.54. The average molecular weight is 274 g/mol. The molecule has 0 saturated carbocycles. The van der Waals surface area contributed by atoms with Gasteiger partial charge < -0.3 is 14.2 Å². The quantitative estimate of drug-likeness (QED) is 0.266. The summed E-state index contributed by atoms with van der Waals surface area (Å²) in [7, 11) is 0. The summed E-state index contributed by atoms with van der Waals surface area (Å²) in [4.78, 5) is 31.9. The van der Waals surface area contributed by atoms with Gasteiger partial charge in [-0.2, -0.15) is 0 Å². The molecule has 8 nitrogen and oxygen atoms in total. The molecule has 1 aromatic rings. The fraction of sp³-hybridized carbons (Fsp3) is 0.111. The maximum Gasteiger partial charge on any atom is 0.411 e. The fourth-order valence-corrected chi connectivity index (χ4v) is 1.44. The number of nitro groups is 1. The normalized spacial score (nSPS) is 12.1. The number of esters is 1. The number of carbonyl (C=O) groups is 2. The van der Waals surface area contributed by atoms with Crippen molar-refractivity contribution in [3.63, 3.8) is 0 Å². The van der Waals surface area contributed by atoms with Crippen LogP contribution in [0.15, 0.2) is 12.1 Å². The Hall–Kier alpha value is -2.35. The summed E-state index contributed by atoms with van der Waals surface area (Å²) in [5.74, 6) is -0.954. The van der Waals surface area contributed by atoms with Crippen LogP contribution in [0.25, 0.3) is 0 Å². The van der Waals surface area contributed by atoms with E-state index in [0.29, 0.717) is 0 Å². The van der Waals surface area contributed by atoms with Crippen molar-refractivity contribution in [2.24, 2.45) is 0 Å². The predicted molar refractivity (Wildman–Crippen MR) is 55.9 cm³/mol. The van der Waals surface area contributed by atoms with Crippen molar-refractivity contribution >= 4 is 28.7 Å². The van der Waals surface area contributed by atoms with Gasteiger partial charge in [0.05, 0.1) is 11.0 Å².